The van der Waals surface area contributed by atoms with Gasteiger partial charge in [-0.25, -0.2) is 4.98 Å². The summed E-state index contributed by atoms with van der Waals surface area (Å²) in [6.45, 7) is 4.72. The molecule has 180 valence electrons. The maximum atomic E-state index is 13.4. The second-order valence-electron chi connectivity index (χ2n) is 8.89. The van der Waals surface area contributed by atoms with Crippen LogP contribution in [0.1, 0.15) is 50.0 Å². The molecule has 0 radical (unpaired) electrons. The number of aryl methyl sites for hydroxylation is 2. The number of amides is 2. The molecule has 10 heteroatoms. The number of carbonyl (C=O) groups is 2. The Hall–Kier alpha value is -3.20. The molecule has 34 heavy (non-hydrogen) atoms. The van der Waals surface area contributed by atoms with Crippen LogP contribution in [0, 0.1) is 11.8 Å². The van der Waals surface area contributed by atoms with Gasteiger partial charge in [0.25, 0.3) is 5.91 Å². The predicted molar refractivity (Wildman–Crippen MR) is 130 cm³/mol. The lowest BCUT2D eigenvalue weighted by atomic mass is 9.79. The molecule has 4 rings (SSSR count). The zero-order valence-electron chi connectivity index (χ0n) is 19.7. The first-order chi connectivity index (χ1) is 16.4. The third-order valence-corrected chi connectivity index (χ3v) is 6.81. The summed E-state index contributed by atoms with van der Waals surface area (Å²) in [6, 6.07) is 4.57. The van der Waals surface area contributed by atoms with Gasteiger partial charge in [0, 0.05) is 31.5 Å². The number of halogens is 1. The highest BCUT2D eigenvalue weighted by atomic mass is 35.5. The topological polar surface area (TPSA) is 107 Å². The molecule has 9 nitrogen and oxygen atoms in total. The van der Waals surface area contributed by atoms with Crippen molar-refractivity contribution in [3.8, 4) is 11.3 Å². The van der Waals surface area contributed by atoms with E-state index in [0.717, 1.165) is 36.9 Å². The summed E-state index contributed by atoms with van der Waals surface area (Å²) in [6.07, 6.45) is 8.67. The monoisotopic (exact) mass is 483 g/mol. The average Bonchev–Trinajstić information content (AvgIpc) is 3.45. The highest BCUT2D eigenvalue weighted by molar-refractivity contribution is 6.33. The lowest BCUT2D eigenvalue weighted by Crippen LogP contribution is -2.49. The van der Waals surface area contributed by atoms with Crippen molar-refractivity contribution in [2.24, 2.45) is 18.9 Å². The summed E-state index contributed by atoms with van der Waals surface area (Å²) in [5, 5.41) is 14.7. The van der Waals surface area contributed by atoms with E-state index in [1.54, 1.807) is 47.1 Å². The first-order valence-electron chi connectivity index (χ1n) is 11.6. The van der Waals surface area contributed by atoms with E-state index in [1.165, 1.54) is 0 Å². The standard InChI is InChI=1S/C24H30ClN7O2/c1-4-32-19(11-12-27-32)23(33)30-21(16-7-5-15(2)6-8-16)24(34)29-20-10-9-17(13-26-20)22-18(25)14-28-31(22)3/h9-16,21H,4-8H2,1-3H3,(H,30,33)(H,26,29,34). The summed E-state index contributed by atoms with van der Waals surface area (Å²) in [7, 11) is 1.81. The number of aromatic nitrogens is 5. The average molecular weight is 484 g/mol. The van der Waals surface area contributed by atoms with E-state index >= 15 is 0 Å². The van der Waals surface area contributed by atoms with Crippen LogP contribution in [0.2, 0.25) is 5.02 Å². The zero-order valence-corrected chi connectivity index (χ0v) is 20.4. The molecular weight excluding hydrogens is 454 g/mol. The number of nitrogens with zero attached hydrogens (tertiary/aromatic N) is 5. The number of rotatable bonds is 7. The van der Waals surface area contributed by atoms with E-state index in [9.17, 15) is 9.59 Å². The van der Waals surface area contributed by atoms with Crippen LogP contribution in [0.4, 0.5) is 5.82 Å². The minimum Gasteiger partial charge on any atom is -0.339 e. The third-order valence-electron chi connectivity index (χ3n) is 6.53. The predicted octanol–water partition coefficient (Wildman–Crippen LogP) is 3.92. The summed E-state index contributed by atoms with van der Waals surface area (Å²) in [5.41, 5.74) is 1.99. The van der Waals surface area contributed by atoms with Crippen molar-refractivity contribution in [1.29, 1.82) is 0 Å². The van der Waals surface area contributed by atoms with Gasteiger partial charge in [-0.05, 0) is 49.8 Å². The molecule has 1 aliphatic carbocycles. The van der Waals surface area contributed by atoms with Gasteiger partial charge in [-0.1, -0.05) is 31.4 Å². The molecule has 1 saturated carbocycles. The van der Waals surface area contributed by atoms with Gasteiger partial charge < -0.3 is 10.6 Å². The van der Waals surface area contributed by atoms with Gasteiger partial charge in [-0.2, -0.15) is 10.2 Å². The van der Waals surface area contributed by atoms with Crippen molar-refractivity contribution in [2.45, 2.75) is 52.1 Å². The fourth-order valence-electron chi connectivity index (χ4n) is 4.56. The lowest BCUT2D eigenvalue weighted by Gasteiger charge is -2.32. The van der Waals surface area contributed by atoms with Gasteiger partial charge in [0.05, 0.1) is 16.9 Å². The fraction of sp³-hybridized carbons (Fsp3) is 0.458. The summed E-state index contributed by atoms with van der Waals surface area (Å²) >= 11 is 6.23. The maximum absolute atomic E-state index is 13.4. The maximum Gasteiger partial charge on any atom is 0.270 e. The lowest BCUT2D eigenvalue weighted by molar-refractivity contribution is -0.119. The molecule has 3 aromatic heterocycles. The minimum absolute atomic E-state index is 0.0608. The second kappa shape index (κ2) is 10.4. The van der Waals surface area contributed by atoms with E-state index in [0.29, 0.717) is 29.0 Å². The van der Waals surface area contributed by atoms with Crippen LogP contribution in [0.3, 0.4) is 0 Å². The molecule has 0 aliphatic heterocycles. The van der Waals surface area contributed by atoms with Gasteiger partial charge in [0.2, 0.25) is 5.91 Å². The second-order valence-corrected chi connectivity index (χ2v) is 9.30. The zero-order chi connectivity index (χ0) is 24.2. The van der Waals surface area contributed by atoms with Crippen LogP contribution < -0.4 is 10.6 Å². The van der Waals surface area contributed by atoms with Crippen molar-refractivity contribution in [2.75, 3.05) is 5.32 Å². The Morgan fingerprint density at radius 3 is 2.53 bits per heavy atom. The van der Waals surface area contributed by atoms with Crippen molar-refractivity contribution in [3.63, 3.8) is 0 Å². The van der Waals surface area contributed by atoms with E-state index < -0.39 is 6.04 Å². The molecule has 0 bridgehead atoms. The van der Waals surface area contributed by atoms with E-state index in [2.05, 4.69) is 32.7 Å². The molecule has 0 spiro atoms. The highest BCUT2D eigenvalue weighted by Gasteiger charge is 2.33. The van der Waals surface area contributed by atoms with Gasteiger partial charge in [-0.3, -0.25) is 19.0 Å². The van der Waals surface area contributed by atoms with Crippen molar-refractivity contribution in [3.05, 3.63) is 47.5 Å². The quantitative estimate of drug-likeness (QED) is 0.529. The molecule has 1 fully saturated rings. The molecule has 0 saturated heterocycles. The first kappa shape index (κ1) is 23.9. The van der Waals surface area contributed by atoms with Crippen LogP contribution in [0.5, 0.6) is 0 Å². The van der Waals surface area contributed by atoms with Crippen LogP contribution >= 0.6 is 11.6 Å². The Labute approximate surface area is 203 Å². The molecule has 3 aromatic rings. The van der Waals surface area contributed by atoms with E-state index in [4.69, 9.17) is 11.6 Å². The Balaban J connectivity index is 1.51. The normalized spacial score (nSPS) is 18.9. The Bertz CT molecular complexity index is 1130. The van der Waals surface area contributed by atoms with Crippen LogP contribution in [0.15, 0.2) is 36.8 Å². The summed E-state index contributed by atoms with van der Waals surface area (Å²) in [4.78, 5) is 30.8. The van der Waals surface area contributed by atoms with E-state index in [-0.39, 0.29) is 17.7 Å². The van der Waals surface area contributed by atoms with E-state index in [1.807, 2.05) is 13.0 Å². The Kier molecular flexibility index (Phi) is 7.31. The van der Waals surface area contributed by atoms with Gasteiger partial charge in [0.15, 0.2) is 0 Å². The van der Waals surface area contributed by atoms with Crippen molar-refractivity contribution < 1.29 is 9.59 Å². The molecule has 0 aromatic carbocycles. The molecule has 2 amide bonds. The molecule has 3 heterocycles. The Morgan fingerprint density at radius 2 is 1.91 bits per heavy atom. The fourth-order valence-corrected chi connectivity index (χ4v) is 4.83. The molecule has 2 N–H and O–H groups in total. The number of hydrogen-bond acceptors (Lipinski definition) is 5. The summed E-state index contributed by atoms with van der Waals surface area (Å²) < 4.78 is 3.30. The van der Waals surface area contributed by atoms with Crippen LogP contribution in [-0.2, 0) is 18.4 Å². The molecule has 1 aliphatic rings. The number of nitrogens with one attached hydrogen (secondary N) is 2. The van der Waals surface area contributed by atoms with Gasteiger partial charge in [-0.15, -0.1) is 0 Å². The highest BCUT2D eigenvalue weighted by Crippen LogP contribution is 2.31. The largest absolute Gasteiger partial charge is 0.339 e. The van der Waals surface area contributed by atoms with Crippen molar-refractivity contribution >= 4 is 29.2 Å². The summed E-state index contributed by atoms with van der Waals surface area (Å²) in [5.74, 6) is 0.534. The molecule has 1 unspecified atom stereocenters. The number of anilines is 1. The third kappa shape index (κ3) is 5.14. The molecular formula is C24H30ClN7O2. The number of pyridine rings is 1. The SMILES string of the molecule is CCn1nccc1C(=O)NC(C(=O)Nc1ccc(-c2c(Cl)cnn2C)cn1)C1CCC(C)CC1. The minimum atomic E-state index is -0.659. The van der Waals surface area contributed by atoms with Crippen LogP contribution in [-0.4, -0.2) is 42.4 Å². The number of carbonyl (C=O) groups excluding carboxylic acids is 2. The first-order valence-corrected chi connectivity index (χ1v) is 12.0. The van der Waals surface area contributed by atoms with Gasteiger partial charge >= 0.3 is 0 Å². The molecule has 1 atom stereocenters. The smallest absolute Gasteiger partial charge is 0.270 e. The number of hydrogen-bond donors (Lipinski definition) is 2. The van der Waals surface area contributed by atoms with Gasteiger partial charge in [0.1, 0.15) is 17.6 Å². The van der Waals surface area contributed by atoms with Crippen LogP contribution in [0.25, 0.3) is 11.3 Å². The van der Waals surface area contributed by atoms with Crippen molar-refractivity contribution in [1.82, 2.24) is 29.9 Å². The Morgan fingerprint density at radius 1 is 1.15 bits per heavy atom.